The molecule has 1 aromatic heterocycles. The Hall–Kier alpha value is -2.96. The van der Waals surface area contributed by atoms with E-state index in [2.05, 4.69) is 5.10 Å². The van der Waals surface area contributed by atoms with Gasteiger partial charge in [0.2, 0.25) is 5.88 Å². The van der Waals surface area contributed by atoms with E-state index in [-0.39, 0.29) is 11.1 Å². The highest BCUT2D eigenvalue weighted by molar-refractivity contribution is 6.55. The van der Waals surface area contributed by atoms with Gasteiger partial charge < -0.3 is 14.2 Å². The predicted octanol–water partition coefficient (Wildman–Crippen LogP) is 6.08. The Morgan fingerprint density at radius 2 is 1.50 bits per heavy atom. The van der Waals surface area contributed by atoms with E-state index in [1.165, 1.54) is 0 Å². The van der Waals surface area contributed by atoms with Crippen LogP contribution in [0.1, 0.15) is 23.0 Å². The number of ether oxygens (including phenoxy) is 3. The molecule has 0 aliphatic carbocycles. The van der Waals surface area contributed by atoms with Crippen LogP contribution in [0.15, 0.2) is 59.1 Å². The highest BCUT2D eigenvalue weighted by Crippen LogP contribution is 2.30. The number of benzene rings is 2. The number of hydrogen-bond donors (Lipinski definition) is 0. The van der Waals surface area contributed by atoms with E-state index in [4.69, 9.17) is 37.4 Å². The monoisotopic (exact) mass is 446 g/mol. The zero-order valence-electron chi connectivity index (χ0n) is 16.5. The van der Waals surface area contributed by atoms with E-state index in [0.717, 1.165) is 6.29 Å². The summed E-state index contributed by atoms with van der Waals surface area (Å²) < 4.78 is 18.9. The Bertz CT molecular complexity index is 1020. The lowest BCUT2D eigenvalue weighted by Crippen LogP contribution is -1.96. The highest BCUT2D eigenvalue weighted by Gasteiger charge is 2.16. The average Bonchev–Trinajstić information content (AvgIpc) is 3.05. The van der Waals surface area contributed by atoms with Crippen LogP contribution in [-0.4, -0.2) is 22.7 Å². The number of aldehydes is 1. The first-order valence-corrected chi connectivity index (χ1v) is 9.96. The molecule has 8 heteroatoms. The molecule has 0 saturated heterocycles. The van der Waals surface area contributed by atoms with Crippen LogP contribution >= 0.6 is 23.2 Å². The van der Waals surface area contributed by atoms with Gasteiger partial charge in [-0.25, -0.2) is 4.68 Å². The van der Waals surface area contributed by atoms with Crippen LogP contribution in [-0.2, 0) is 13.5 Å². The van der Waals surface area contributed by atoms with Crippen LogP contribution < -0.4 is 14.2 Å². The quantitative estimate of drug-likeness (QED) is 0.372. The van der Waals surface area contributed by atoms with Crippen LogP contribution in [0.2, 0.25) is 0 Å². The van der Waals surface area contributed by atoms with Crippen molar-refractivity contribution in [2.75, 3.05) is 6.61 Å². The maximum Gasteiger partial charge on any atom is 0.228 e. The van der Waals surface area contributed by atoms with Crippen molar-refractivity contribution in [3.05, 3.63) is 70.4 Å². The second-order valence-electron chi connectivity index (χ2n) is 6.21. The highest BCUT2D eigenvalue weighted by atomic mass is 35.5. The standard InChI is InChI=1S/C22H20Cl2N2O4/c1-3-20-19(14-27)22(26(2)25-20)30-18-10-8-17(9-11-18)29-16-6-4-15(5-7-16)28-13-12-21(23)24/h4-12,14H,3,13H2,1-2H3. The minimum atomic E-state index is 0.166. The smallest absolute Gasteiger partial charge is 0.228 e. The lowest BCUT2D eigenvalue weighted by Gasteiger charge is -2.09. The molecule has 0 unspecified atom stereocenters. The third-order valence-electron chi connectivity index (χ3n) is 4.14. The maximum atomic E-state index is 11.4. The Balaban J connectivity index is 1.63. The molecule has 0 N–H and O–H groups in total. The second-order valence-corrected chi connectivity index (χ2v) is 7.22. The van der Waals surface area contributed by atoms with Crippen LogP contribution in [0, 0.1) is 0 Å². The second kappa shape index (κ2) is 10.2. The Kier molecular flexibility index (Phi) is 7.38. The van der Waals surface area contributed by atoms with Gasteiger partial charge in [0.05, 0.1) is 11.3 Å². The van der Waals surface area contributed by atoms with Gasteiger partial charge in [-0.2, -0.15) is 5.10 Å². The van der Waals surface area contributed by atoms with Gasteiger partial charge in [-0.1, -0.05) is 30.1 Å². The van der Waals surface area contributed by atoms with Gasteiger partial charge in [-0.15, -0.1) is 0 Å². The van der Waals surface area contributed by atoms with Crippen molar-refractivity contribution in [1.29, 1.82) is 0 Å². The summed E-state index contributed by atoms with van der Waals surface area (Å²) in [5.41, 5.74) is 1.17. The summed E-state index contributed by atoms with van der Waals surface area (Å²) in [6.07, 6.45) is 2.98. The summed E-state index contributed by atoms with van der Waals surface area (Å²) in [6, 6.07) is 14.3. The van der Waals surface area contributed by atoms with Crippen LogP contribution in [0.3, 0.4) is 0 Å². The molecular weight excluding hydrogens is 427 g/mol. The first kappa shape index (κ1) is 21.7. The van der Waals surface area contributed by atoms with E-state index >= 15 is 0 Å². The molecule has 6 nitrogen and oxygen atoms in total. The molecule has 0 amide bonds. The molecule has 0 aliphatic rings. The zero-order valence-corrected chi connectivity index (χ0v) is 18.0. The van der Waals surface area contributed by atoms with Crippen molar-refractivity contribution in [3.8, 4) is 28.9 Å². The Morgan fingerprint density at radius 1 is 0.967 bits per heavy atom. The summed E-state index contributed by atoms with van der Waals surface area (Å²) >= 11 is 11.1. The van der Waals surface area contributed by atoms with Gasteiger partial charge in [0, 0.05) is 7.05 Å². The number of carbonyl (C=O) groups is 1. The molecule has 0 aliphatic heterocycles. The molecule has 1 heterocycles. The first-order chi connectivity index (χ1) is 14.5. The maximum absolute atomic E-state index is 11.4. The predicted molar refractivity (Wildman–Crippen MR) is 116 cm³/mol. The fourth-order valence-corrected chi connectivity index (χ4v) is 2.83. The summed E-state index contributed by atoms with van der Waals surface area (Å²) in [7, 11) is 1.74. The number of nitrogens with zero attached hydrogens (tertiary/aromatic N) is 2. The third kappa shape index (κ3) is 5.55. The summed E-state index contributed by atoms with van der Waals surface area (Å²) in [4.78, 5) is 11.4. The Labute approximate surface area is 184 Å². The fraction of sp³-hybridized carbons (Fsp3) is 0.182. The molecule has 156 valence electrons. The van der Waals surface area contributed by atoms with E-state index in [0.29, 0.717) is 46.6 Å². The number of aromatic nitrogens is 2. The van der Waals surface area contributed by atoms with Gasteiger partial charge in [0.1, 0.15) is 34.1 Å². The van der Waals surface area contributed by atoms with Gasteiger partial charge in [-0.3, -0.25) is 4.79 Å². The minimum absolute atomic E-state index is 0.166. The van der Waals surface area contributed by atoms with Crippen molar-refractivity contribution in [2.24, 2.45) is 7.05 Å². The SMILES string of the molecule is CCc1nn(C)c(Oc2ccc(Oc3ccc(OCC=C(Cl)Cl)cc3)cc2)c1C=O. The molecule has 0 radical (unpaired) electrons. The number of carbonyl (C=O) groups excluding carboxylic acids is 1. The normalized spacial score (nSPS) is 10.4. The molecular formula is C22H20Cl2N2O4. The third-order valence-corrected chi connectivity index (χ3v) is 4.45. The van der Waals surface area contributed by atoms with Gasteiger partial charge in [0.25, 0.3) is 0 Å². The first-order valence-electron chi connectivity index (χ1n) is 9.21. The molecule has 0 spiro atoms. The number of rotatable bonds is 9. The van der Waals surface area contributed by atoms with Crippen molar-refractivity contribution in [1.82, 2.24) is 9.78 Å². The summed E-state index contributed by atoms with van der Waals surface area (Å²) in [5, 5.41) is 4.31. The number of aryl methyl sites for hydroxylation is 2. The number of halogens is 2. The van der Waals surface area contributed by atoms with Crippen LogP contribution in [0.5, 0.6) is 28.9 Å². The molecule has 30 heavy (non-hydrogen) atoms. The van der Waals surface area contributed by atoms with Crippen molar-refractivity contribution in [3.63, 3.8) is 0 Å². The molecule has 3 rings (SSSR count). The summed E-state index contributed by atoms with van der Waals surface area (Å²) in [5.74, 6) is 2.96. The van der Waals surface area contributed by atoms with Crippen LogP contribution in [0.4, 0.5) is 0 Å². The zero-order chi connectivity index (χ0) is 21.5. The lowest BCUT2D eigenvalue weighted by molar-refractivity contribution is 0.112. The minimum Gasteiger partial charge on any atom is -0.489 e. The molecule has 3 aromatic rings. The number of hydrogen-bond acceptors (Lipinski definition) is 5. The van der Waals surface area contributed by atoms with E-state index < -0.39 is 0 Å². The van der Waals surface area contributed by atoms with Gasteiger partial charge >= 0.3 is 0 Å². The van der Waals surface area contributed by atoms with Crippen molar-refractivity contribution >= 4 is 29.5 Å². The van der Waals surface area contributed by atoms with Crippen molar-refractivity contribution < 1.29 is 19.0 Å². The van der Waals surface area contributed by atoms with Crippen molar-refractivity contribution in [2.45, 2.75) is 13.3 Å². The molecule has 0 atom stereocenters. The molecule has 0 saturated carbocycles. The lowest BCUT2D eigenvalue weighted by atomic mass is 10.2. The largest absolute Gasteiger partial charge is 0.489 e. The van der Waals surface area contributed by atoms with E-state index in [9.17, 15) is 4.79 Å². The van der Waals surface area contributed by atoms with Crippen LogP contribution in [0.25, 0.3) is 0 Å². The molecule has 2 aromatic carbocycles. The average molecular weight is 447 g/mol. The topological polar surface area (TPSA) is 62.6 Å². The Morgan fingerprint density at radius 3 is 2.00 bits per heavy atom. The van der Waals surface area contributed by atoms with Gasteiger partial charge in [-0.05, 0) is 61.0 Å². The van der Waals surface area contributed by atoms with E-state index in [1.807, 2.05) is 6.92 Å². The molecule has 0 fully saturated rings. The van der Waals surface area contributed by atoms with E-state index in [1.54, 1.807) is 66.3 Å². The van der Waals surface area contributed by atoms with Gasteiger partial charge in [0.15, 0.2) is 6.29 Å². The summed E-state index contributed by atoms with van der Waals surface area (Å²) in [6.45, 7) is 2.22. The fourth-order valence-electron chi connectivity index (χ4n) is 2.71. The molecule has 0 bridgehead atoms.